The molecule has 0 bridgehead atoms. The van der Waals surface area contributed by atoms with E-state index in [1.807, 2.05) is 11.8 Å². The number of carbonyl (C=O) groups excluding carboxylic acids is 1. The molecule has 2 aliphatic rings. The van der Waals surface area contributed by atoms with Crippen molar-refractivity contribution in [2.24, 2.45) is 5.92 Å². The number of hydrogen-bond acceptors (Lipinski definition) is 4. The monoisotopic (exact) mass is 333 g/mol. The van der Waals surface area contributed by atoms with Crippen molar-refractivity contribution in [3.63, 3.8) is 0 Å². The van der Waals surface area contributed by atoms with Crippen LogP contribution in [0.25, 0.3) is 0 Å². The number of anilines is 1. The van der Waals surface area contributed by atoms with Gasteiger partial charge in [-0.1, -0.05) is 18.2 Å². The lowest BCUT2D eigenvalue weighted by atomic mass is 10.2. The minimum absolute atomic E-state index is 0.202. The van der Waals surface area contributed by atoms with Crippen LogP contribution in [0.4, 0.5) is 5.69 Å². The van der Waals surface area contributed by atoms with Crippen molar-refractivity contribution in [2.75, 3.05) is 43.1 Å². The van der Waals surface area contributed by atoms with Gasteiger partial charge in [0.1, 0.15) is 0 Å². The molecule has 0 spiro atoms. The Labute approximate surface area is 143 Å². The molecular weight excluding hydrogens is 306 g/mol. The second-order valence-corrected chi connectivity index (χ2v) is 7.42. The predicted molar refractivity (Wildman–Crippen MR) is 97.9 cm³/mol. The third-order valence-corrected chi connectivity index (χ3v) is 5.37. The number of benzene rings is 1. The summed E-state index contributed by atoms with van der Waals surface area (Å²) in [7, 11) is 0. The molecule has 5 heteroatoms. The van der Waals surface area contributed by atoms with E-state index in [0.717, 1.165) is 51.2 Å². The summed E-state index contributed by atoms with van der Waals surface area (Å²) in [5.74, 6) is 1.65. The van der Waals surface area contributed by atoms with E-state index in [-0.39, 0.29) is 18.0 Å². The molecule has 1 aliphatic carbocycles. The van der Waals surface area contributed by atoms with Gasteiger partial charge in [-0.3, -0.25) is 9.69 Å². The Morgan fingerprint density at radius 2 is 1.91 bits per heavy atom. The molecule has 3 rings (SSSR count). The average molecular weight is 334 g/mol. The Kier molecular flexibility index (Phi) is 5.84. The zero-order valence-corrected chi connectivity index (χ0v) is 14.7. The van der Waals surface area contributed by atoms with E-state index in [9.17, 15) is 4.79 Å². The molecule has 1 atom stereocenters. The number of hydrogen-bond donors (Lipinski definition) is 1. The molecule has 1 saturated heterocycles. The van der Waals surface area contributed by atoms with Crippen LogP contribution in [0.3, 0.4) is 0 Å². The smallest absolute Gasteiger partial charge is 0.224 e. The molecular formula is C18H27N3OS. The first-order valence-corrected chi connectivity index (χ1v) is 10.0. The normalized spacial score (nSPS) is 20.3. The third kappa shape index (κ3) is 4.64. The number of carbonyl (C=O) groups is 1. The van der Waals surface area contributed by atoms with Gasteiger partial charge in [0, 0.05) is 37.8 Å². The van der Waals surface area contributed by atoms with Crippen LogP contribution in [0, 0.1) is 5.92 Å². The van der Waals surface area contributed by atoms with E-state index in [1.54, 1.807) is 0 Å². The van der Waals surface area contributed by atoms with Crippen molar-refractivity contribution in [3.05, 3.63) is 30.3 Å². The molecule has 0 radical (unpaired) electrons. The Bertz CT molecular complexity index is 498. The number of thioether (sulfide) groups is 1. The highest BCUT2D eigenvalue weighted by Gasteiger charge is 2.32. The molecule has 1 aromatic carbocycles. The van der Waals surface area contributed by atoms with Crippen LogP contribution in [-0.4, -0.2) is 55.2 Å². The molecule has 126 valence electrons. The molecule has 2 fully saturated rings. The minimum atomic E-state index is 0.202. The van der Waals surface area contributed by atoms with Gasteiger partial charge in [0.15, 0.2) is 0 Å². The molecule has 1 saturated carbocycles. The summed E-state index contributed by atoms with van der Waals surface area (Å²) >= 11 is 1.85. The van der Waals surface area contributed by atoms with Crippen molar-refractivity contribution in [3.8, 4) is 0 Å². The second kappa shape index (κ2) is 8.06. The highest BCUT2D eigenvalue weighted by Crippen LogP contribution is 2.29. The number of rotatable bonds is 7. The molecule has 1 unspecified atom stereocenters. The van der Waals surface area contributed by atoms with Gasteiger partial charge in [0.05, 0.1) is 6.17 Å². The lowest BCUT2D eigenvalue weighted by molar-refractivity contribution is -0.124. The molecule has 1 amide bonds. The van der Waals surface area contributed by atoms with Gasteiger partial charge < -0.3 is 10.2 Å². The van der Waals surface area contributed by atoms with E-state index in [2.05, 4.69) is 51.7 Å². The third-order valence-electron chi connectivity index (χ3n) is 4.73. The number of nitrogens with one attached hydrogen (secondary N) is 1. The first kappa shape index (κ1) is 16.7. The zero-order valence-electron chi connectivity index (χ0n) is 13.9. The van der Waals surface area contributed by atoms with E-state index < -0.39 is 0 Å². The molecule has 1 aromatic rings. The van der Waals surface area contributed by atoms with E-state index in [4.69, 9.17) is 0 Å². The van der Waals surface area contributed by atoms with Gasteiger partial charge in [0.2, 0.25) is 5.91 Å². The van der Waals surface area contributed by atoms with E-state index in [0.29, 0.717) is 0 Å². The van der Waals surface area contributed by atoms with Gasteiger partial charge in [-0.2, -0.15) is 11.8 Å². The predicted octanol–water partition coefficient (Wildman–Crippen LogP) is 2.41. The molecule has 4 nitrogen and oxygen atoms in total. The van der Waals surface area contributed by atoms with Gasteiger partial charge in [0.25, 0.3) is 0 Å². The Hall–Kier alpha value is -1.20. The fourth-order valence-corrected chi connectivity index (χ4v) is 3.59. The first-order chi connectivity index (χ1) is 11.3. The van der Waals surface area contributed by atoms with E-state index in [1.165, 1.54) is 5.69 Å². The van der Waals surface area contributed by atoms with Gasteiger partial charge in [-0.15, -0.1) is 0 Å². The number of para-hydroxylation sites is 1. The second-order valence-electron chi connectivity index (χ2n) is 6.44. The summed E-state index contributed by atoms with van der Waals surface area (Å²) in [4.78, 5) is 17.0. The van der Waals surface area contributed by atoms with Crippen LogP contribution in [0.1, 0.15) is 19.3 Å². The Balaban J connectivity index is 1.54. The van der Waals surface area contributed by atoms with Crippen molar-refractivity contribution in [1.29, 1.82) is 0 Å². The van der Waals surface area contributed by atoms with Gasteiger partial charge in [-0.25, -0.2) is 0 Å². The highest BCUT2D eigenvalue weighted by molar-refractivity contribution is 7.98. The van der Waals surface area contributed by atoms with E-state index >= 15 is 0 Å². The summed E-state index contributed by atoms with van der Waals surface area (Å²) in [6.07, 6.45) is 5.51. The lowest BCUT2D eigenvalue weighted by Crippen LogP contribution is -2.56. The minimum Gasteiger partial charge on any atom is -0.369 e. The molecule has 0 aromatic heterocycles. The summed E-state index contributed by atoms with van der Waals surface area (Å²) in [5.41, 5.74) is 1.30. The highest BCUT2D eigenvalue weighted by atomic mass is 32.2. The molecule has 1 N–H and O–H groups in total. The molecule has 1 aliphatic heterocycles. The number of nitrogens with zero attached hydrogens (tertiary/aromatic N) is 2. The topological polar surface area (TPSA) is 35.6 Å². The first-order valence-electron chi connectivity index (χ1n) is 8.61. The SMILES string of the molecule is CSCCC(NC(=O)C1CC1)N1CCN(c2ccccc2)CC1. The fourth-order valence-electron chi connectivity index (χ4n) is 3.13. The van der Waals surface area contributed by atoms with Crippen LogP contribution < -0.4 is 10.2 Å². The lowest BCUT2D eigenvalue weighted by Gasteiger charge is -2.40. The van der Waals surface area contributed by atoms with Crippen molar-refractivity contribution in [2.45, 2.75) is 25.4 Å². The van der Waals surface area contributed by atoms with Gasteiger partial charge >= 0.3 is 0 Å². The molecule has 23 heavy (non-hydrogen) atoms. The number of piperazine rings is 1. The van der Waals surface area contributed by atoms with Gasteiger partial charge in [-0.05, 0) is 43.4 Å². The maximum atomic E-state index is 12.2. The van der Waals surface area contributed by atoms with Crippen LogP contribution in [0.2, 0.25) is 0 Å². The zero-order chi connectivity index (χ0) is 16.1. The quantitative estimate of drug-likeness (QED) is 0.831. The maximum absolute atomic E-state index is 12.2. The average Bonchev–Trinajstić information content (AvgIpc) is 3.44. The Morgan fingerprint density at radius 3 is 2.52 bits per heavy atom. The fraction of sp³-hybridized carbons (Fsp3) is 0.611. The summed E-state index contributed by atoms with van der Waals surface area (Å²) < 4.78 is 0. The van der Waals surface area contributed by atoms with Crippen LogP contribution in [-0.2, 0) is 4.79 Å². The largest absolute Gasteiger partial charge is 0.369 e. The summed E-state index contributed by atoms with van der Waals surface area (Å²) in [5, 5.41) is 3.29. The van der Waals surface area contributed by atoms with Crippen LogP contribution in [0.5, 0.6) is 0 Å². The standard InChI is InChI=1S/C18H27N3OS/c1-23-14-9-17(19-18(22)15-7-8-15)21-12-10-20(11-13-21)16-5-3-2-4-6-16/h2-6,15,17H,7-14H2,1H3,(H,19,22). The summed E-state index contributed by atoms with van der Waals surface area (Å²) in [6.45, 7) is 4.08. The van der Waals surface area contributed by atoms with Crippen LogP contribution in [0.15, 0.2) is 30.3 Å². The number of amides is 1. The molecule has 1 heterocycles. The van der Waals surface area contributed by atoms with Crippen molar-refractivity contribution >= 4 is 23.4 Å². The van der Waals surface area contributed by atoms with Crippen LogP contribution >= 0.6 is 11.8 Å². The summed E-state index contributed by atoms with van der Waals surface area (Å²) in [6, 6.07) is 10.6. The maximum Gasteiger partial charge on any atom is 0.224 e. The van der Waals surface area contributed by atoms with Crippen molar-refractivity contribution in [1.82, 2.24) is 10.2 Å². The Morgan fingerprint density at radius 1 is 1.22 bits per heavy atom. The van der Waals surface area contributed by atoms with Crippen molar-refractivity contribution < 1.29 is 4.79 Å².